The minimum absolute atomic E-state index is 0.101. The van der Waals surface area contributed by atoms with E-state index < -0.39 is 0 Å². The zero-order valence-electron chi connectivity index (χ0n) is 10.1. The zero-order chi connectivity index (χ0) is 13.0. The van der Waals surface area contributed by atoms with Crippen LogP contribution in [0.5, 0.6) is 5.75 Å². The Morgan fingerprint density at radius 1 is 1.56 bits per heavy atom. The largest absolute Gasteiger partial charge is 0.496 e. The highest BCUT2D eigenvalue weighted by molar-refractivity contribution is 9.10. The van der Waals surface area contributed by atoms with E-state index in [1.165, 1.54) is 0 Å². The molecule has 5 heteroatoms. The van der Waals surface area contributed by atoms with Crippen LogP contribution in [0.4, 0.5) is 0 Å². The summed E-state index contributed by atoms with van der Waals surface area (Å²) in [6, 6.07) is 5.56. The Balaban J connectivity index is 1.99. The number of methoxy groups -OCH3 is 1. The summed E-state index contributed by atoms with van der Waals surface area (Å²) in [7, 11) is 1.59. The van der Waals surface area contributed by atoms with E-state index in [0.717, 1.165) is 16.5 Å². The van der Waals surface area contributed by atoms with Gasteiger partial charge in [-0.05, 0) is 18.2 Å². The first-order valence-corrected chi connectivity index (χ1v) is 6.58. The second kappa shape index (κ2) is 6.20. The van der Waals surface area contributed by atoms with Gasteiger partial charge < -0.3 is 14.2 Å². The Morgan fingerprint density at radius 3 is 3.06 bits per heavy atom. The number of rotatable bonds is 4. The number of ether oxygens (including phenoxy) is 3. The maximum Gasteiger partial charge on any atom is 0.310 e. The number of benzene rings is 1. The van der Waals surface area contributed by atoms with Crippen molar-refractivity contribution in [2.45, 2.75) is 18.9 Å². The molecule has 1 aromatic rings. The van der Waals surface area contributed by atoms with E-state index >= 15 is 0 Å². The van der Waals surface area contributed by atoms with Crippen LogP contribution in [0.3, 0.4) is 0 Å². The summed E-state index contributed by atoms with van der Waals surface area (Å²) in [6.45, 7) is 1.17. The van der Waals surface area contributed by atoms with Crippen LogP contribution >= 0.6 is 15.9 Å². The van der Waals surface area contributed by atoms with E-state index in [2.05, 4.69) is 15.9 Å². The molecule has 0 amide bonds. The van der Waals surface area contributed by atoms with Crippen molar-refractivity contribution in [1.82, 2.24) is 0 Å². The van der Waals surface area contributed by atoms with E-state index in [-0.39, 0.29) is 18.5 Å². The fourth-order valence-corrected chi connectivity index (χ4v) is 2.28. The van der Waals surface area contributed by atoms with E-state index in [9.17, 15) is 4.79 Å². The van der Waals surface area contributed by atoms with E-state index in [1.54, 1.807) is 7.11 Å². The van der Waals surface area contributed by atoms with Gasteiger partial charge in [0.1, 0.15) is 11.9 Å². The lowest BCUT2D eigenvalue weighted by molar-refractivity contribution is -0.148. The summed E-state index contributed by atoms with van der Waals surface area (Å²) in [5, 5.41) is 0. The molecular formula is C13H15BrO4. The van der Waals surface area contributed by atoms with Crippen LogP contribution in [0.1, 0.15) is 12.0 Å². The molecule has 1 fully saturated rings. The minimum atomic E-state index is -0.248. The SMILES string of the molecule is COc1ccc(Br)cc1CC(=O)O[C@H]1CCOC1. The summed E-state index contributed by atoms with van der Waals surface area (Å²) in [5.74, 6) is 0.444. The van der Waals surface area contributed by atoms with Gasteiger partial charge in [-0.25, -0.2) is 0 Å². The molecule has 4 nitrogen and oxygen atoms in total. The average Bonchev–Trinajstić information content (AvgIpc) is 2.82. The van der Waals surface area contributed by atoms with E-state index in [1.807, 2.05) is 18.2 Å². The van der Waals surface area contributed by atoms with Crippen LogP contribution < -0.4 is 4.74 Å². The van der Waals surface area contributed by atoms with Crippen molar-refractivity contribution in [3.8, 4) is 5.75 Å². The molecule has 1 aromatic carbocycles. The van der Waals surface area contributed by atoms with Gasteiger partial charge in [0.25, 0.3) is 0 Å². The fourth-order valence-electron chi connectivity index (χ4n) is 1.87. The Kier molecular flexibility index (Phi) is 4.60. The molecule has 1 aliphatic heterocycles. The lowest BCUT2D eigenvalue weighted by atomic mass is 10.1. The number of esters is 1. The molecule has 1 aliphatic rings. The van der Waals surface area contributed by atoms with Gasteiger partial charge in [0.15, 0.2) is 0 Å². The maximum atomic E-state index is 11.8. The molecule has 0 bridgehead atoms. The van der Waals surface area contributed by atoms with Crippen LogP contribution in [0.25, 0.3) is 0 Å². The number of hydrogen-bond donors (Lipinski definition) is 0. The van der Waals surface area contributed by atoms with Crippen molar-refractivity contribution < 1.29 is 19.0 Å². The summed E-state index contributed by atoms with van der Waals surface area (Å²) < 4.78 is 16.6. The molecule has 18 heavy (non-hydrogen) atoms. The highest BCUT2D eigenvalue weighted by atomic mass is 79.9. The van der Waals surface area contributed by atoms with Crippen LogP contribution in [-0.4, -0.2) is 32.4 Å². The summed E-state index contributed by atoms with van der Waals surface area (Å²) in [5.41, 5.74) is 0.816. The topological polar surface area (TPSA) is 44.8 Å². The first kappa shape index (κ1) is 13.4. The first-order chi connectivity index (χ1) is 8.69. The molecule has 1 heterocycles. The number of carbonyl (C=O) groups excluding carboxylic acids is 1. The second-order valence-corrected chi connectivity index (χ2v) is 5.02. The molecule has 0 radical (unpaired) electrons. The van der Waals surface area contributed by atoms with Gasteiger partial charge >= 0.3 is 5.97 Å². The predicted molar refractivity (Wildman–Crippen MR) is 69.7 cm³/mol. The standard InChI is InChI=1S/C13H15BrO4/c1-16-12-3-2-10(14)6-9(12)7-13(15)18-11-4-5-17-8-11/h2-3,6,11H,4-5,7-8H2,1H3/t11-/m0/s1. The molecule has 2 rings (SSSR count). The zero-order valence-corrected chi connectivity index (χ0v) is 11.7. The summed E-state index contributed by atoms with van der Waals surface area (Å²) in [4.78, 5) is 11.8. The molecule has 0 spiro atoms. The van der Waals surface area contributed by atoms with Crippen LogP contribution in [-0.2, 0) is 20.7 Å². The van der Waals surface area contributed by atoms with Gasteiger partial charge in [0, 0.05) is 16.5 Å². The number of carbonyl (C=O) groups is 1. The molecule has 0 saturated carbocycles. The number of halogens is 1. The van der Waals surface area contributed by atoms with Crippen molar-refractivity contribution >= 4 is 21.9 Å². The first-order valence-electron chi connectivity index (χ1n) is 5.78. The second-order valence-electron chi connectivity index (χ2n) is 4.11. The molecule has 98 valence electrons. The van der Waals surface area contributed by atoms with Crippen molar-refractivity contribution in [3.63, 3.8) is 0 Å². The maximum absolute atomic E-state index is 11.8. The molecule has 0 unspecified atom stereocenters. The highest BCUT2D eigenvalue weighted by Crippen LogP contribution is 2.24. The average molecular weight is 315 g/mol. The third-order valence-corrected chi connectivity index (χ3v) is 3.26. The highest BCUT2D eigenvalue weighted by Gasteiger charge is 2.20. The van der Waals surface area contributed by atoms with Gasteiger partial charge in [-0.3, -0.25) is 4.79 Å². The monoisotopic (exact) mass is 314 g/mol. The van der Waals surface area contributed by atoms with E-state index in [4.69, 9.17) is 14.2 Å². The van der Waals surface area contributed by atoms with Gasteiger partial charge in [-0.15, -0.1) is 0 Å². The smallest absolute Gasteiger partial charge is 0.310 e. The molecular weight excluding hydrogens is 300 g/mol. The third-order valence-electron chi connectivity index (χ3n) is 2.76. The fraction of sp³-hybridized carbons (Fsp3) is 0.462. The molecule has 0 N–H and O–H groups in total. The van der Waals surface area contributed by atoms with Gasteiger partial charge in [-0.2, -0.15) is 0 Å². The summed E-state index contributed by atoms with van der Waals surface area (Å²) in [6.07, 6.45) is 0.885. The molecule has 0 aromatic heterocycles. The van der Waals surface area contributed by atoms with Gasteiger partial charge in [0.2, 0.25) is 0 Å². The Hall–Kier alpha value is -1.07. The minimum Gasteiger partial charge on any atom is -0.496 e. The van der Waals surface area contributed by atoms with Gasteiger partial charge in [0.05, 0.1) is 26.7 Å². The van der Waals surface area contributed by atoms with Gasteiger partial charge in [-0.1, -0.05) is 15.9 Å². The Morgan fingerprint density at radius 2 is 2.39 bits per heavy atom. The molecule has 0 aliphatic carbocycles. The quantitative estimate of drug-likeness (QED) is 0.800. The van der Waals surface area contributed by atoms with Crippen LogP contribution in [0, 0.1) is 0 Å². The third kappa shape index (κ3) is 3.46. The van der Waals surface area contributed by atoms with Crippen molar-refractivity contribution in [3.05, 3.63) is 28.2 Å². The normalized spacial score (nSPS) is 18.7. The molecule has 1 atom stereocenters. The Labute approximate surface area is 114 Å². The molecule has 1 saturated heterocycles. The van der Waals surface area contributed by atoms with Crippen molar-refractivity contribution in [2.75, 3.05) is 20.3 Å². The van der Waals surface area contributed by atoms with E-state index in [0.29, 0.717) is 19.0 Å². The van der Waals surface area contributed by atoms with Crippen LogP contribution in [0.15, 0.2) is 22.7 Å². The lowest BCUT2D eigenvalue weighted by Gasteiger charge is -2.12. The van der Waals surface area contributed by atoms with Crippen molar-refractivity contribution in [1.29, 1.82) is 0 Å². The Bertz CT molecular complexity index is 427. The summed E-state index contributed by atoms with van der Waals surface area (Å²) >= 11 is 3.38. The lowest BCUT2D eigenvalue weighted by Crippen LogP contribution is -2.19. The number of hydrogen-bond acceptors (Lipinski definition) is 4. The van der Waals surface area contributed by atoms with Crippen LogP contribution in [0.2, 0.25) is 0 Å². The van der Waals surface area contributed by atoms with Crippen molar-refractivity contribution in [2.24, 2.45) is 0 Å². The predicted octanol–water partition coefficient (Wildman–Crippen LogP) is 2.33.